The van der Waals surface area contributed by atoms with Gasteiger partial charge in [0.15, 0.2) is 20.6 Å². The van der Waals surface area contributed by atoms with Gasteiger partial charge in [-0.3, -0.25) is 10.1 Å². The van der Waals surface area contributed by atoms with Gasteiger partial charge in [0.1, 0.15) is 0 Å². The molecule has 0 bridgehead atoms. The van der Waals surface area contributed by atoms with E-state index in [0.717, 1.165) is 11.8 Å². The number of aromatic nitrogens is 4. The first-order valence-electron chi connectivity index (χ1n) is 10.6. The van der Waals surface area contributed by atoms with Crippen molar-refractivity contribution in [3.05, 3.63) is 66.4 Å². The molecule has 34 heavy (non-hydrogen) atoms. The van der Waals surface area contributed by atoms with E-state index in [1.165, 1.54) is 17.4 Å². The minimum Gasteiger partial charge on any atom is -0.298 e. The number of anilines is 1. The summed E-state index contributed by atoms with van der Waals surface area (Å²) in [6.07, 6.45) is 2.82. The number of thiazole rings is 1. The number of rotatable bonds is 5. The predicted octanol–water partition coefficient (Wildman–Crippen LogP) is 4.94. The van der Waals surface area contributed by atoms with Gasteiger partial charge in [0.2, 0.25) is 0 Å². The molecular weight excluding hydrogens is 470 g/mol. The number of carbonyl (C=O) groups excluding carboxylic acids is 1. The van der Waals surface area contributed by atoms with E-state index in [0.29, 0.717) is 37.6 Å². The first-order valence-corrected chi connectivity index (χ1v) is 13.3. The average Bonchev–Trinajstić information content (AvgIpc) is 3.41. The van der Waals surface area contributed by atoms with E-state index in [1.807, 2.05) is 44.2 Å². The van der Waals surface area contributed by atoms with Gasteiger partial charge in [-0.2, -0.15) is 5.10 Å². The summed E-state index contributed by atoms with van der Waals surface area (Å²) in [5.74, 6) is -0.338. The molecule has 5 aromatic rings. The molecule has 0 aliphatic carbocycles. The highest BCUT2D eigenvalue weighted by atomic mass is 32.2. The number of sulfone groups is 1. The molecule has 0 aliphatic rings. The lowest BCUT2D eigenvalue weighted by atomic mass is 10.1. The van der Waals surface area contributed by atoms with E-state index in [9.17, 15) is 13.2 Å². The summed E-state index contributed by atoms with van der Waals surface area (Å²) >= 11 is 1.22. The Morgan fingerprint density at radius 1 is 1.06 bits per heavy atom. The Kier molecular flexibility index (Phi) is 5.41. The van der Waals surface area contributed by atoms with Crippen molar-refractivity contribution in [2.75, 3.05) is 11.6 Å². The summed E-state index contributed by atoms with van der Waals surface area (Å²) in [5, 5.41) is 8.35. The fraction of sp³-hybridized carbons (Fsp3) is 0.167. The first kappa shape index (κ1) is 22.2. The van der Waals surface area contributed by atoms with Crippen molar-refractivity contribution in [3.63, 3.8) is 0 Å². The Morgan fingerprint density at radius 2 is 1.82 bits per heavy atom. The van der Waals surface area contributed by atoms with Crippen LogP contribution in [0.4, 0.5) is 5.13 Å². The van der Waals surface area contributed by atoms with Gasteiger partial charge in [-0.25, -0.2) is 23.1 Å². The average molecular weight is 492 g/mol. The smallest absolute Gasteiger partial charge is 0.258 e. The second-order valence-corrected chi connectivity index (χ2v) is 11.3. The second-order valence-electron chi connectivity index (χ2n) is 8.22. The summed E-state index contributed by atoms with van der Waals surface area (Å²) in [6.45, 7) is 4.02. The molecule has 3 aromatic heterocycles. The van der Waals surface area contributed by atoms with Crippen molar-refractivity contribution in [3.8, 4) is 11.3 Å². The third-order valence-corrected chi connectivity index (χ3v) is 7.42. The molecule has 0 unspecified atom stereocenters. The van der Waals surface area contributed by atoms with Crippen LogP contribution in [-0.2, 0) is 9.84 Å². The maximum Gasteiger partial charge on any atom is 0.258 e. The lowest BCUT2D eigenvalue weighted by molar-refractivity contribution is 0.102. The number of amides is 1. The normalized spacial score (nSPS) is 12.0. The van der Waals surface area contributed by atoms with Crippen molar-refractivity contribution in [1.29, 1.82) is 0 Å². The molecular formula is C24H21N5O3S2. The van der Waals surface area contributed by atoms with Gasteiger partial charge >= 0.3 is 0 Å². The third-order valence-electron chi connectivity index (χ3n) is 5.38. The minimum atomic E-state index is -3.34. The number of fused-ring (bicyclic) bond motifs is 2. The van der Waals surface area contributed by atoms with Crippen LogP contribution in [-0.4, -0.2) is 40.3 Å². The van der Waals surface area contributed by atoms with E-state index >= 15 is 0 Å². The molecule has 1 amide bonds. The number of nitrogens with zero attached hydrogens (tertiary/aromatic N) is 4. The topological polar surface area (TPSA) is 107 Å². The molecule has 8 nitrogen and oxygen atoms in total. The Balaban J connectivity index is 1.57. The number of pyridine rings is 1. The van der Waals surface area contributed by atoms with Crippen LogP contribution < -0.4 is 5.32 Å². The molecule has 0 atom stereocenters. The van der Waals surface area contributed by atoms with Crippen molar-refractivity contribution >= 4 is 53.5 Å². The van der Waals surface area contributed by atoms with Gasteiger partial charge in [0.05, 0.1) is 38.0 Å². The quantitative estimate of drug-likeness (QED) is 0.373. The van der Waals surface area contributed by atoms with E-state index in [4.69, 9.17) is 4.98 Å². The van der Waals surface area contributed by atoms with Gasteiger partial charge in [-0.15, -0.1) is 0 Å². The van der Waals surface area contributed by atoms with Crippen molar-refractivity contribution in [2.24, 2.45) is 0 Å². The lowest BCUT2D eigenvalue weighted by Crippen LogP contribution is -2.13. The number of hydrogen-bond donors (Lipinski definition) is 1. The standard InChI is InChI=1S/C24H21N5O3S2/c1-14(2)29-22-18(13-25-29)17(12-20(26-22)15-7-5-4-6-8-15)23(30)28-24-27-19-10-9-16(34(3,31)32)11-21(19)33-24/h4-14H,1-3H3,(H,27,28,30). The molecule has 10 heteroatoms. The number of nitrogens with one attached hydrogen (secondary N) is 1. The Hall–Kier alpha value is -3.63. The fourth-order valence-corrected chi connectivity index (χ4v) is 5.32. The second kappa shape index (κ2) is 8.30. The van der Waals surface area contributed by atoms with Crippen LogP contribution in [0.1, 0.15) is 30.2 Å². The van der Waals surface area contributed by atoms with E-state index in [2.05, 4.69) is 15.4 Å². The molecule has 3 heterocycles. The van der Waals surface area contributed by atoms with Gasteiger partial charge in [-0.1, -0.05) is 41.7 Å². The van der Waals surface area contributed by atoms with E-state index in [1.54, 1.807) is 29.1 Å². The number of benzene rings is 2. The van der Waals surface area contributed by atoms with E-state index in [-0.39, 0.29) is 16.8 Å². The van der Waals surface area contributed by atoms with Gasteiger partial charge in [0.25, 0.3) is 5.91 Å². The first-order chi connectivity index (χ1) is 16.2. The van der Waals surface area contributed by atoms with Crippen LogP contribution in [0.15, 0.2) is 65.7 Å². The Bertz CT molecular complexity index is 1650. The van der Waals surface area contributed by atoms with Gasteiger partial charge < -0.3 is 0 Å². The van der Waals surface area contributed by atoms with Crippen molar-refractivity contribution in [1.82, 2.24) is 19.7 Å². The molecule has 0 saturated carbocycles. The number of hydrogen-bond acceptors (Lipinski definition) is 7. The molecule has 0 radical (unpaired) electrons. The molecule has 2 aromatic carbocycles. The molecule has 0 spiro atoms. The van der Waals surface area contributed by atoms with Crippen LogP contribution >= 0.6 is 11.3 Å². The maximum absolute atomic E-state index is 13.4. The monoisotopic (exact) mass is 491 g/mol. The van der Waals surface area contributed by atoms with Crippen LogP contribution in [0.3, 0.4) is 0 Å². The summed E-state index contributed by atoms with van der Waals surface area (Å²) < 4.78 is 26.2. The van der Waals surface area contributed by atoms with Crippen LogP contribution in [0.25, 0.3) is 32.5 Å². The SMILES string of the molecule is CC(C)n1ncc2c(C(=O)Nc3nc4ccc(S(C)(=O)=O)cc4s3)cc(-c3ccccc3)nc21. The largest absolute Gasteiger partial charge is 0.298 e. The van der Waals surface area contributed by atoms with Crippen LogP contribution in [0, 0.1) is 0 Å². The zero-order valence-corrected chi connectivity index (χ0v) is 20.3. The molecule has 0 aliphatic heterocycles. The van der Waals surface area contributed by atoms with Crippen LogP contribution in [0.2, 0.25) is 0 Å². The van der Waals surface area contributed by atoms with E-state index < -0.39 is 9.84 Å². The zero-order chi connectivity index (χ0) is 24.0. The van der Waals surface area contributed by atoms with Gasteiger partial charge in [0, 0.05) is 17.9 Å². The lowest BCUT2D eigenvalue weighted by Gasteiger charge is -2.10. The summed E-state index contributed by atoms with van der Waals surface area (Å²) in [7, 11) is -3.34. The van der Waals surface area contributed by atoms with Crippen LogP contribution in [0.5, 0.6) is 0 Å². The fourth-order valence-electron chi connectivity index (χ4n) is 3.69. The number of carbonyl (C=O) groups is 1. The Labute approximate surface area is 200 Å². The zero-order valence-electron chi connectivity index (χ0n) is 18.7. The summed E-state index contributed by atoms with van der Waals surface area (Å²) in [6, 6.07) is 16.2. The third kappa shape index (κ3) is 4.06. The minimum absolute atomic E-state index is 0.0697. The molecule has 1 N–H and O–H groups in total. The molecule has 5 rings (SSSR count). The predicted molar refractivity (Wildman–Crippen MR) is 134 cm³/mol. The highest BCUT2D eigenvalue weighted by Gasteiger charge is 2.20. The summed E-state index contributed by atoms with van der Waals surface area (Å²) in [5.41, 5.74) is 3.24. The molecule has 172 valence electrons. The van der Waals surface area contributed by atoms with Gasteiger partial charge in [-0.05, 0) is 38.1 Å². The molecule has 0 fully saturated rings. The highest BCUT2D eigenvalue weighted by molar-refractivity contribution is 7.90. The maximum atomic E-state index is 13.4. The van der Waals surface area contributed by atoms with Crippen molar-refractivity contribution < 1.29 is 13.2 Å². The van der Waals surface area contributed by atoms with Crippen molar-refractivity contribution in [2.45, 2.75) is 24.8 Å². The Morgan fingerprint density at radius 3 is 2.53 bits per heavy atom. The molecule has 0 saturated heterocycles. The summed E-state index contributed by atoms with van der Waals surface area (Å²) in [4.78, 5) is 22.8. The highest BCUT2D eigenvalue weighted by Crippen LogP contribution is 2.30.